The van der Waals surface area contributed by atoms with E-state index in [1.54, 1.807) is 29.2 Å². The predicted molar refractivity (Wildman–Crippen MR) is 123 cm³/mol. The fourth-order valence-corrected chi connectivity index (χ4v) is 5.47. The highest BCUT2D eigenvalue weighted by Gasteiger charge is 2.42. The fourth-order valence-electron chi connectivity index (χ4n) is 4.53. The van der Waals surface area contributed by atoms with E-state index < -0.39 is 9.84 Å². The summed E-state index contributed by atoms with van der Waals surface area (Å²) in [5.41, 5.74) is 1.19. The van der Waals surface area contributed by atoms with E-state index in [1.165, 1.54) is 6.07 Å². The fraction of sp³-hybridized carbons (Fsp3) is 0.522. The van der Waals surface area contributed by atoms with Gasteiger partial charge in [-0.3, -0.25) is 9.89 Å². The van der Waals surface area contributed by atoms with Crippen LogP contribution in [0.3, 0.4) is 0 Å². The zero-order valence-corrected chi connectivity index (χ0v) is 19.9. The number of carbonyl (C=O) groups excluding carboxylic acids is 2. The Morgan fingerprint density at radius 2 is 2.03 bits per heavy atom. The molecule has 0 bridgehead atoms. The van der Waals surface area contributed by atoms with Crippen molar-refractivity contribution in [2.75, 3.05) is 18.1 Å². The minimum absolute atomic E-state index is 0.0697. The average Bonchev–Trinajstić information content (AvgIpc) is 3.36. The Morgan fingerprint density at radius 3 is 2.70 bits per heavy atom. The molecule has 0 radical (unpaired) electrons. The number of carbonyl (C=O) groups is 2. The molecule has 2 amide bonds. The van der Waals surface area contributed by atoms with Crippen LogP contribution in [0.15, 0.2) is 35.2 Å². The van der Waals surface area contributed by atoms with E-state index in [1.807, 2.05) is 13.8 Å². The van der Waals surface area contributed by atoms with Gasteiger partial charge in [-0.05, 0) is 51.2 Å². The molecular weight excluding hydrogens is 444 g/mol. The van der Waals surface area contributed by atoms with Gasteiger partial charge in [0.05, 0.1) is 11.3 Å². The lowest BCUT2D eigenvalue weighted by Crippen LogP contribution is -2.58. The molecule has 2 aromatic rings. The molecule has 33 heavy (non-hydrogen) atoms. The third-order valence-electron chi connectivity index (χ3n) is 6.58. The maximum Gasteiger partial charge on any atom is 0.410 e. The Bertz CT molecular complexity index is 1160. The number of hydrogen-bond acceptors (Lipinski definition) is 6. The van der Waals surface area contributed by atoms with Gasteiger partial charge in [-0.15, -0.1) is 0 Å². The zero-order chi connectivity index (χ0) is 23.8. The van der Waals surface area contributed by atoms with Crippen molar-refractivity contribution < 1.29 is 22.7 Å². The number of ether oxygens (including phenoxy) is 1. The molecule has 1 aliphatic heterocycles. The van der Waals surface area contributed by atoms with Gasteiger partial charge in [0.25, 0.3) is 0 Å². The number of H-pyrrole nitrogens is 1. The van der Waals surface area contributed by atoms with Crippen LogP contribution in [-0.2, 0) is 25.8 Å². The van der Waals surface area contributed by atoms with Crippen LogP contribution in [0, 0.1) is 0 Å². The Kier molecular flexibility index (Phi) is 6.22. The average molecular weight is 475 g/mol. The summed E-state index contributed by atoms with van der Waals surface area (Å²) >= 11 is 0. The third-order valence-corrected chi connectivity index (χ3v) is 7.78. The highest BCUT2D eigenvalue weighted by atomic mass is 32.2. The first-order valence-electron chi connectivity index (χ1n) is 11.1. The number of hydrogen-bond donors (Lipinski definition) is 2. The van der Waals surface area contributed by atoms with E-state index >= 15 is 0 Å². The van der Waals surface area contributed by atoms with Crippen molar-refractivity contribution in [3.05, 3.63) is 41.6 Å². The summed E-state index contributed by atoms with van der Waals surface area (Å²) in [7, 11) is -3.42. The van der Waals surface area contributed by atoms with Gasteiger partial charge in [0.1, 0.15) is 6.10 Å². The van der Waals surface area contributed by atoms with E-state index in [2.05, 4.69) is 15.5 Å². The highest BCUT2D eigenvalue weighted by Crippen LogP contribution is 2.37. The molecule has 1 aromatic heterocycles. The van der Waals surface area contributed by atoms with Crippen LogP contribution in [0.5, 0.6) is 0 Å². The van der Waals surface area contributed by atoms with Gasteiger partial charge >= 0.3 is 6.09 Å². The second-order valence-electron chi connectivity index (χ2n) is 9.54. The molecule has 1 aromatic carbocycles. The molecule has 1 unspecified atom stereocenters. The number of benzene rings is 1. The lowest BCUT2D eigenvalue weighted by molar-refractivity contribution is -0.115. The second-order valence-corrected chi connectivity index (χ2v) is 11.5. The van der Waals surface area contributed by atoms with Gasteiger partial charge < -0.3 is 15.0 Å². The Morgan fingerprint density at radius 1 is 1.27 bits per heavy atom. The van der Waals surface area contributed by atoms with Gasteiger partial charge in [-0.2, -0.15) is 5.10 Å². The van der Waals surface area contributed by atoms with E-state index in [9.17, 15) is 18.0 Å². The zero-order valence-electron chi connectivity index (χ0n) is 19.1. The minimum atomic E-state index is -3.42. The molecule has 4 rings (SSSR count). The van der Waals surface area contributed by atoms with E-state index in [0.717, 1.165) is 37.8 Å². The maximum absolute atomic E-state index is 12.5. The molecule has 1 aliphatic carbocycles. The molecule has 9 nitrogen and oxygen atoms in total. The molecular formula is C23H30N4O5S. The molecule has 10 heteroatoms. The molecule has 2 heterocycles. The van der Waals surface area contributed by atoms with Crippen molar-refractivity contribution in [2.24, 2.45) is 0 Å². The SMILES string of the molecule is CC1(C)CCN1C(=O)OC1CC[C@H](c2cc(NC(=O)Cc3ccccc3S(C)(=O)=O)n[nH]2)C1. The van der Waals surface area contributed by atoms with Gasteiger partial charge in [0, 0.05) is 36.0 Å². The molecule has 2 fully saturated rings. The van der Waals surface area contributed by atoms with Crippen molar-refractivity contribution in [3.8, 4) is 0 Å². The molecule has 178 valence electrons. The first kappa shape index (κ1) is 23.3. The molecule has 1 saturated carbocycles. The van der Waals surface area contributed by atoms with Gasteiger partial charge in [-0.1, -0.05) is 18.2 Å². The standard InChI is InChI=1S/C23H30N4O5S/c1-23(2)10-11-27(23)22(29)32-17-9-8-15(12-17)18-14-20(26-25-18)24-21(28)13-16-6-4-5-7-19(16)33(3,30)31/h4-7,14-15,17H,8-13H2,1-3H3,(H2,24,25,26,28)/t15-,17?/m0/s1. The Hall–Kier alpha value is -2.88. The summed E-state index contributed by atoms with van der Waals surface area (Å²) in [6.07, 6.45) is 4.01. The number of likely N-dealkylation sites (tertiary alicyclic amines) is 1. The van der Waals surface area contributed by atoms with Crippen LogP contribution in [0.4, 0.5) is 10.6 Å². The van der Waals surface area contributed by atoms with Gasteiger partial charge in [0.15, 0.2) is 15.7 Å². The van der Waals surface area contributed by atoms with Gasteiger partial charge in [-0.25, -0.2) is 13.2 Å². The Labute approximate surface area is 193 Å². The van der Waals surface area contributed by atoms with Crippen LogP contribution in [0.2, 0.25) is 0 Å². The minimum Gasteiger partial charge on any atom is -0.446 e. The predicted octanol–water partition coefficient (Wildman–Crippen LogP) is 3.25. The van der Waals surface area contributed by atoms with Crippen molar-refractivity contribution in [3.63, 3.8) is 0 Å². The number of anilines is 1. The summed E-state index contributed by atoms with van der Waals surface area (Å²) in [5, 5.41) is 9.88. The van der Waals surface area contributed by atoms with Crippen molar-refractivity contribution in [1.29, 1.82) is 0 Å². The monoisotopic (exact) mass is 474 g/mol. The molecule has 1 saturated heterocycles. The van der Waals surface area contributed by atoms with Crippen LogP contribution in [0.1, 0.15) is 56.7 Å². The quantitative estimate of drug-likeness (QED) is 0.663. The van der Waals surface area contributed by atoms with E-state index in [0.29, 0.717) is 17.8 Å². The largest absolute Gasteiger partial charge is 0.446 e. The van der Waals surface area contributed by atoms with Crippen LogP contribution in [0.25, 0.3) is 0 Å². The topological polar surface area (TPSA) is 121 Å². The lowest BCUT2D eigenvalue weighted by Gasteiger charge is -2.47. The second kappa shape index (κ2) is 8.81. The van der Waals surface area contributed by atoms with E-state index in [-0.39, 0.29) is 40.9 Å². The molecule has 2 atom stereocenters. The number of aromatic nitrogens is 2. The van der Waals surface area contributed by atoms with Crippen molar-refractivity contribution in [1.82, 2.24) is 15.1 Å². The molecule has 2 N–H and O–H groups in total. The van der Waals surface area contributed by atoms with Crippen LogP contribution >= 0.6 is 0 Å². The number of rotatable bonds is 6. The lowest BCUT2D eigenvalue weighted by atomic mass is 9.90. The smallest absolute Gasteiger partial charge is 0.410 e. The number of nitrogens with zero attached hydrogens (tertiary/aromatic N) is 2. The number of aromatic amines is 1. The number of amides is 2. The van der Waals surface area contributed by atoms with Crippen molar-refractivity contribution >= 4 is 27.7 Å². The summed E-state index contributed by atoms with van der Waals surface area (Å²) in [6, 6.07) is 8.25. The summed E-state index contributed by atoms with van der Waals surface area (Å²) in [6.45, 7) is 4.81. The maximum atomic E-state index is 12.5. The van der Waals surface area contributed by atoms with E-state index in [4.69, 9.17) is 4.74 Å². The first-order chi connectivity index (χ1) is 15.5. The van der Waals surface area contributed by atoms with Crippen LogP contribution < -0.4 is 5.32 Å². The van der Waals surface area contributed by atoms with Gasteiger partial charge in [0.2, 0.25) is 5.91 Å². The first-order valence-corrected chi connectivity index (χ1v) is 13.0. The van der Waals surface area contributed by atoms with Crippen molar-refractivity contribution in [2.45, 2.75) is 68.4 Å². The van der Waals surface area contributed by atoms with Crippen LogP contribution in [-0.4, -0.2) is 60.0 Å². The summed E-state index contributed by atoms with van der Waals surface area (Å²) in [5.74, 6) is 0.200. The summed E-state index contributed by atoms with van der Waals surface area (Å²) < 4.78 is 29.6. The third kappa shape index (κ3) is 5.21. The number of nitrogens with one attached hydrogen (secondary N) is 2. The molecule has 0 spiro atoms. The number of sulfone groups is 1. The Balaban J connectivity index is 1.32. The highest BCUT2D eigenvalue weighted by molar-refractivity contribution is 7.90. The molecule has 2 aliphatic rings. The summed E-state index contributed by atoms with van der Waals surface area (Å²) in [4.78, 5) is 26.8. The normalized spacial score (nSPS) is 22.0.